The Hall–Kier alpha value is -1.65. The number of primary amides is 1. The second-order valence-electron chi connectivity index (χ2n) is 4.96. The summed E-state index contributed by atoms with van der Waals surface area (Å²) < 4.78 is 1.08. The predicted molar refractivity (Wildman–Crippen MR) is 89.0 cm³/mol. The van der Waals surface area contributed by atoms with Gasteiger partial charge in [0.05, 0.1) is 0 Å². The Bertz CT molecular complexity index is 610. The number of rotatable bonds is 6. The summed E-state index contributed by atoms with van der Waals surface area (Å²) >= 11 is 3.45. The number of halogens is 1. The van der Waals surface area contributed by atoms with Crippen molar-refractivity contribution < 1.29 is 4.79 Å². The van der Waals surface area contributed by atoms with Gasteiger partial charge in [-0.05, 0) is 41.8 Å². The van der Waals surface area contributed by atoms with E-state index in [-0.39, 0.29) is 6.04 Å². The fourth-order valence-corrected chi connectivity index (χ4v) is 2.53. The number of carbonyl (C=O) groups is 1. The van der Waals surface area contributed by atoms with Crippen molar-refractivity contribution in [3.63, 3.8) is 0 Å². The van der Waals surface area contributed by atoms with Crippen LogP contribution in [0.25, 0.3) is 0 Å². The van der Waals surface area contributed by atoms with Crippen LogP contribution in [0.2, 0.25) is 0 Å². The summed E-state index contributed by atoms with van der Waals surface area (Å²) in [7, 11) is 0. The molecule has 0 fully saturated rings. The molecule has 21 heavy (non-hydrogen) atoms. The topological polar surface area (TPSA) is 55.1 Å². The third kappa shape index (κ3) is 4.41. The molecule has 0 radical (unpaired) electrons. The van der Waals surface area contributed by atoms with Crippen molar-refractivity contribution in [2.24, 2.45) is 5.73 Å². The van der Waals surface area contributed by atoms with Gasteiger partial charge in [0, 0.05) is 22.6 Å². The van der Waals surface area contributed by atoms with Crippen LogP contribution in [0.5, 0.6) is 0 Å². The van der Waals surface area contributed by atoms with Crippen LogP contribution in [0.4, 0.5) is 0 Å². The van der Waals surface area contributed by atoms with E-state index in [2.05, 4.69) is 40.3 Å². The third-order valence-corrected chi connectivity index (χ3v) is 3.97. The molecule has 2 aromatic rings. The fraction of sp³-hybridized carbons (Fsp3) is 0.235. The highest BCUT2D eigenvalue weighted by Crippen LogP contribution is 2.20. The molecule has 2 rings (SSSR count). The molecule has 1 atom stereocenters. The second-order valence-corrected chi connectivity index (χ2v) is 5.87. The Labute approximate surface area is 133 Å². The molecule has 3 N–H and O–H groups in total. The molecule has 0 spiro atoms. The fourth-order valence-electron chi connectivity index (χ4n) is 2.27. The molecule has 0 saturated carbocycles. The Kier molecular flexibility index (Phi) is 5.53. The zero-order chi connectivity index (χ0) is 15.2. The molecule has 0 aliphatic heterocycles. The lowest BCUT2D eigenvalue weighted by molar-refractivity contribution is 0.1000. The molecule has 110 valence electrons. The smallest absolute Gasteiger partial charge is 0.248 e. The monoisotopic (exact) mass is 346 g/mol. The first kappa shape index (κ1) is 15.7. The highest BCUT2D eigenvalue weighted by atomic mass is 79.9. The number of nitrogens with one attached hydrogen (secondary N) is 1. The zero-order valence-corrected chi connectivity index (χ0v) is 13.6. The van der Waals surface area contributed by atoms with Gasteiger partial charge in [0.1, 0.15) is 0 Å². The largest absolute Gasteiger partial charge is 0.366 e. The summed E-state index contributed by atoms with van der Waals surface area (Å²) in [5, 5.41) is 3.52. The first-order chi connectivity index (χ1) is 10.1. The van der Waals surface area contributed by atoms with Crippen LogP contribution >= 0.6 is 15.9 Å². The maximum Gasteiger partial charge on any atom is 0.248 e. The average molecular weight is 347 g/mol. The highest BCUT2D eigenvalue weighted by Gasteiger charge is 2.09. The van der Waals surface area contributed by atoms with Crippen molar-refractivity contribution in [3.8, 4) is 0 Å². The minimum absolute atomic E-state index is 0.287. The van der Waals surface area contributed by atoms with E-state index in [9.17, 15) is 4.79 Å². The van der Waals surface area contributed by atoms with Crippen LogP contribution in [0.15, 0.2) is 53.0 Å². The summed E-state index contributed by atoms with van der Waals surface area (Å²) in [5.41, 5.74) is 8.17. The molecule has 2 aromatic carbocycles. The lowest BCUT2D eigenvalue weighted by Crippen LogP contribution is -2.20. The van der Waals surface area contributed by atoms with Crippen LogP contribution in [-0.2, 0) is 6.54 Å². The summed E-state index contributed by atoms with van der Waals surface area (Å²) in [6, 6.07) is 16.0. The van der Waals surface area contributed by atoms with Gasteiger partial charge in [-0.2, -0.15) is 0 Å². The molecule has 0 aromatic heterocycles. The lowest BCUT2D eigenvalue weighted by Gasteiger charge is -2.18. The predicted octanol–water partition coefficient (Wildman–Crippen LogP) is 3.79. The van der Waals surface area contributed by atoms with Gasteiger partial charge in [0.2, 0.25) is 5.91 Å². The van der Waals surface area contributed by atoms with E-state index in [0.29, 0.717) is 12.1 Å². The summed E-state index contributed by atoms with van der Waals surface area (Å²) in [6.45, 7) is 2.86. The van der Waals surface area contributed by atoms with Gasteiger partial charge in [0.25, 0.3) is 0 Å². The van der Waals surface area contributed by atoms with Crippen LogP contribution in [0.3, 0.4) is 0 Å². The summed E-state index contributed by atoms with van der Waals surface area (Å²) in [5.74, 6) is -0.392. The summed E-state index contributed by atoms with van der Waals surface area (Å²) in [6.07, 6.45) is 0.997. The quantitative estimate of drug-likeness (QED) is 0.835. The third-order valence-electron chi connectivity index (χ3n) is 3.44. The number of hydrogen-bond donors (Lipinski definition) is 2. The van der Waals surface area contributed by atoms with Crippen molar-refractivity contribution in [1.29, 1.82) is 0 Å². The maximum atomic E-state index is 11.2. The van der Waals surface area contributed by atoms with Crippen molar-refractivity contribution in [1.82, 2.24) is 5.32 Å². The molecule has 0 heterocycles. The van der Waals surface area contributed by atoms with E-state index in [0.717, 1.165) is 16.5 Å². The molecule has 0 aliphatic rings. The maximum absolute atomic E-state index is 11.2. The first-order valence-electron chi connectivity index (χ1n) is 6.97. The van der Waals surface area contributed by atoms with Crippen LogP contribution in [0.1, 0.15) is 40.9 Å². The molecule has 0 saturated heterocycles. The van der Waals surface area contributed by atoms with Gasteiger partial charge in [-0.15, -0.1) is 0 Å². The van der Waals surface area contributed by atoms with E-state index in [4.69, 9.17) is 5.73 Å². The Morgan fingerprint density at radius 2 is 1.95 bits per heavy atom. The number of carbonyl (C=O) groups excluding carboxylic acids is 1. The van der Waals surface area contributed by atoms with E-state index < -0.39 is 5.91 Å². The molecule has 1 amide bonds. The molecule has 4 heteroatoms. The molecule has 1 unspecified atom stereocenters. The van der Waals surface area contributed by atoms with Gasteiger partial charge in [-0.25, -0.2) is 0 Å². The van der Waals surface area contributed by atoms with Crippen LogP contribution in [-0.4, -0.2) is 5.91 Å². The average Bonchev–Trinajstić information content (AvgIpc) is 2.50. The summed E-state index contributed by atoms with van der Waals surface area (Å²) in [4.78, 5) is 11.2. The van der Waals surface area contributed by atoms with Gasteiger partial charge in [-0.3, -0.25) is 4.79 Å². The van der Waals surface area contributed by atoms with E-state index in [1.165, 1.54) is 5.56 Å². The molecular formula is C17H19BrN2O. The number of nitrogens with two attached hydrogens (primary N) is 1. The van der Waals surface area contributed by atoms with Gasteiger partial charge < -0.3 is 11.1 Å². The van der Waals surface area contributed by atoms with E-state index >= 15 is 0 Å². The van der Waals surface area contributed by atoms with Crippen LogP contribution < -0.4 is 11.1 Å². The van der Waals surface area contributed by atoms with Crippen molar-refractivity contribution in [3.05, 3.63) is 69.7 Å². The van der Waals surface area contributed by atoms with E-state index in [1.807, 2.05) is 30.3 Å². The number of amides is 1. The van der Waals surface area contributed by atoms with E-state index in [1.54, 1.807) is 6.07 Å². The lowest BCUT2D eigenvalue weighted by atomic mass is 10.0. The highest BCUT2D eigenvalue weighted by molar-refractivity contribution is 9.10. The molecule has 0 aliphatic carbocycles. The number of benzene rings is 2. The normalized spacial score (nSPS) is 12.1. The van der Waals surface area contributed by atoms with Crippen LogP contribution in [0, 0.1) is 0 Å². The minimum atomic E-state index is -0.392. The molecule has 0 bridgehead atoms. The zero-order valence-electron chi connectivity index (χ0n) is 12.0. The van der Waals surface area contributed by atoms with Crippen molar-refractivity contribution in [2.75, 3.05) is 0 Å². The second kappa shape index (κ2) is 7.38. The SMILES string of the molecule is CCC(NCc1cccc(C(N)=O)c1)c1ccc(Br)cc1. The Morgan fingerprint density at radius 1 is 1.24 bits per heavy atom. The molecule has 3 nitrogen and oxygen atoms in total. The molecular weight excluding hydrogens is 328 g/mol. The standard InChI is InChI=1S/C17H19BrN2O/c1-2-16(13-6-8-15(18)9-7-13)20-11-12-4-3-5-14(10-12)17(19)21/h3-10,16,20H,2,11H2,1H3,(H2,19,21). The number of hydrogen-bond acceptors (Lipinski definition) is 2. The first-order valence-corrected chi connectivity index (χ1v) is 7.77. The van der Waals surface area contributed by atoms with Crippen molar-refractivity contribution >= 4 is 21.8 Å². The minimum Gasteiger partial charge on any atom is -0.366 e. The van der Waals surface area contributed by atoms with Gasteiger partial charge >= 0.3 is 0 Å². The van der Waals surface area contributed by atoms with Gasteiger partial charge in [-0.1, -0.05) is 47.1 Å². The Balaban J connectivity index is 2.04. The Morgan fingerprint density at radius 3 is 2.57 bits per heavy atom. The van der Waals surface area contributed by atoms with Gasteiger partial charge in [0.15, 0.2) is 0 Å². The van der Waals surface area contributed by atoms with Crippen molar-refractivity contribution in [2.45, 2.75) is 25.9 Å².